The van der Waals surface area contributed by atoms with E-state index in [4.69, 9.17) is 0 Å². The summed E-state index contributed by atoms with van der Waals surface area (Å²) in [7, 11) is 3.00. The van der Waals surface area contributed by atoms with Crippen molar-refractivity contribution in [2.45, 2.75) is 71.6 Å². The smallest absolute Gasteiger partial charge is 0.344 e. The third-order valence-corrected chi connectivity index (χ3v) is 12.4. The summed E-state index contributed by atoms with van der Waals surface area (Å²) in [5.74, 6) is -0.812. The van der Waals surface area contributed by atoms with Gasteiger partial charge in [-0.25, -0.2) is 9.69 Å². The van der Waals surface area contributed by atoms with Crippen LogP contribution in [0.15, 0.2) is 131 Å². The van der Waals surface area contributed by atoms with Gasteiger partial charge in [-0.15, -0.1) is 0 Å². The number of imide groups is 2. The fourth-order valence-corrected chi connectivity index (χ4v) is 9.74. The van der Waals surface area contributed by atoms with Crippen LogP contribution in [0.2, 0.25) is 0 Å². The summed E-state index contributed by atoms with van der Waals surface area (Å²) in [6, 6.07) is 25.5. The Hall–Kier alpha value is -5.69. The predicted molar refractivity (Wildman–Crippen MR) is 226 cm³/mol. The summed E-state index contributed by atoms with van der Waals surface area (Å²) < 4.78 is 0. The number of carbonyl (C=O) groups is 2. The van der Waals surface area contributed by atoms with Crippen molar-refractivity contribution in [1.29, 1.82) is 0 Å². The molecule has 3 aliphatic heterocycles. The van der Waals surface area contributed by atoms with E-state index in [-0.39, 0.29) is 22.3 Å². The number of benzene rings is 4. The third kappa shape index (κ3) is 5.42. The van der Waals surface area contributed by atoms with Crippen LogP contribution >= 0.6 is 0 Å². The number of amides is 4. The van der Waals surface area contributed by atoms with Gasteiger partial charge < -0.3 is 9.80 Å². The summed E-state index contributed by atoms with van der Waals surface area (Å²) in [5.41, 5.74) is 9.66. The van der Waals surface area contributed by atoms with Gasteiger partial charge in [0.25, 0.3) is 5.91 Å². The van der Waals surface area contributed by atoms with E-state index in [1.165, 1.54) is 74.4 Å². The average molecular weight is 732 g/mol. The molecule has 0 bridgehead atoms. The zero-order valence-electron chi connectivity index (χ0n) is 33.3. The van der Waals surface area contributed by atoms with Gasteiger partial charge in [0.05, 0.1) is 0 Å². The Morgan fingerprint density at radius 3 is 1.53 bits per heavy atom. The minimum absolute atomic E-state index is 0.165. The molecular weight excluding hydrogens is 681 g/mol. The molecular formula is C48H51N4O3+. The van der Waals surface area contributed by atoms with Crippen molar-refractivity contribution in [1.82, 2.24) is 9.80 Å². The molecule has 8 rings (SSSR count). The maximum Gasteiger partial charge on any atom is 0.438 e. The lowest BCUT2D eigenvalue weighted by atomic mass is 9.78. The lowest BCUT2D eigenvalue weighted by molar-refractivity contribution is -0.123. The van der Waals surface area contributed by atoms with E-state index in [2.05, 4.69) is 148 Å². The fourth-order valence-electron chi connectivity index (χ4n) is 9.74. The zero-order chi connectivity index (χ0) is 39.0. The summed E-state index contributed by atoms with van der Waals surface area (Å²) in [4.78, 5) is 45.8. The Kier molecular flexibility index (Phi) is 8.75. The molecule has 1 saturated carbocycles. The molecule has 4 aromatic rings. The van der Waals surface area contributed by atoms with Crippen LogP contribution < -0.4 is 9.80 Å². The number of nitrogens with zero attached hydrogens (tertiary/aromatic N) is 4. The molecule has 7 heteroatoms. The maximum absolute atomic E-state index is 14.1. The topological polar surface area (TPSA) is 68.5 Å². The Morgan fingerprint density at radius 2 is 1.07 bits per heavy atom. The maximum atomic E-state index is 14.1. The normalized spacial score (nSPS) is 23.7. The van der Waals surface area contributed by atoms with Gasteiger partial charge in [-0.1, -0.05) is 101 Å². The van der Waals surface area contributed by atoms with Crippen LogP contribution in [0.25, 0.3) is 21.5 Å². The molecule has 280 valence electrons. The van der Waals surface area contributed by atoms with Gasteiger partial charge >= 0.3 is 11.9 Å². The highest BCUT2D eigenvalue weighted by Gasteiger charge is 2.46. The van der Waals surface area contributed by atoms with Crippen LogP contribution in [0.4, 0.5) is 16.2 Å². The summed E-state index contributed by atoms with van der Waals surface area (Å²) in [6.07, 6.45) is 11.1. The van der Waals surface area contributed by atoms with Crippen LogP contribution in [0.3, 0.4) is 0 Å². The van der Waals surface area contributed by atoms with E-state index in [0.717, 1.165) is 48.4 Å². The van der Waals surface area contributed by atoms with Gasteiger partial charge in [-0.05, 0) is 101 Å². The van der Waals surface area contributed by atoms with Crippen molar-refractivity contribution in [3.8, 4) is 0 Å². The molecule has 3 heterocycles. The van der Waals surface area contributed by atoms with Gasteiger partial charge in [0.1, 0.15) is 0 Å². The number of barbiturate groups is 1. The highest BCUT2D eigenvalue weighted by molar-refractivity contribution is 6.30. The van der Waals surface area contributed by atoms with Crippen molar-refractivity contribution in [2.24, 2.45) is 0 Å². The summed E-state index contributed by atoms with van der Waals surface area (Å²) in [5, 5.41) is 4.96. The Morgan fingerprint density at radius 1 is 0.618 bits per heavy atom. The lowest BCUT2D eigenvalue weighted by Gasteiger charge is -2.31. The molecule has 0 unspecified atom stereocenters. The van der Waals surface area contributed by atoms with Crippen LogP contribution in [0.1, 0.15) is 71.9 Å². The molecule has 0 spiro atoms. The number of anilines is 2. The first-order chi connectivity index (χ1) is 26.3. The van der Waals surface area contributed by atoms with Crippen molar-refractivity contribution >= 4 is 50.8 Å². The highest BCUT2D eigenvalue weighted by atomic mass is 16.2. The number of allylic oxidation sites excluding steroid dienone is 9. The number of fused-ring (bicyclic) bond motifs is 6. The number of carbonyl (C=O) groups excluding carboxylic acids is 3. The average Bonchev–Trinajstić information content (AvgIpc) is 3.56. The van der Waals surface area contributed by atoms with Crippen LogP contribution in [0, 0.1) is 0 Å². The fraction of sp³-hybridized carbons (Fsp3) is 0.312. The molecule has 0 radical (unpaired) electrons. The highest BCUT2D eigenvalue weighted by Crippen LogP contribution is 2.52. The van der Waals surface area contributed by atoms with Gasteiger partial charge in [0, 0.05) is 66.4 Å². The minimum Gasteiger partial charge on any atom is -0.344 e. The van der Waals surface area contributed by atoms with Crippen LogP contribution in [-0.4, -0.2) is 59.6 Å². The van der Waals surface area contributed by atoms with Crippen LogP contribution in [-0.2, 0) is 15.6 Å². The molecule has 7 nitrogen and oxygen atoms in total. The van der Waals surface area contributed by atoms with Crippen molar-refractivity contribution in [2.75, 3.05) is 37.0 Å². The van der Waals surface area contributed by atoms with Crippen molar-refractivity contribution in [3.05, 3.63) is 142 Å². The number of rotatable bonds is 4. The number of urea groups is 1. The van der Waals surface area contributed by atoms with E-state index < -0.39 is 11.9 Å². The molecule has 4 aromatic carbocycles. The molecule has 4 amide bonds. The molecule has 1 aliphatic carbocycles. The Bertz CT molecular complexity index is 2330. The third-order valence-electron chi connectivity index (χ3n) is 12.4. The van der Waals surface area contributed by atoms with E-state index in [9.17, 15) is 14.4 Å². The number of hydrogen-bond donors (Lipinski definition) is 0. The second-order valence-corrected chi connectivity index (χ2v) is 16.2. The van der Waals surface area contributed by atoms with E-state index in [1.54, 1.807) is 0 Å². The van der Waals surface area contributed by atoms with Gasteiger partial charge in [-0.2, -0.15) is 0 Å². The first kappa shape index (κ1) is 36.3. The molecule has 0 atom stereocenters. The van der Waals surface area contributed by atoms with E-state index in [0.29, 0.717) is 5.57 Å². The molecule has 2 fully saturated rings. The first-order valence-corrected chi connectivity index (χ1v) is 19.6. The second-order valence-electron chi connectivity index (χ2n) is 16.2. The number of likely N-dealkylation sites (N-methyl/N-ethyl adjacent to an activating group) is 4. The second kappa shape index (κ2) is 13.3. The summed E-state index contributed by atoms with van der Waals surface area (Å²) in [6.45, 7) is 15.2. The van der Waals surface area contributed by atoms with Gasteiger partial charge in [0.15, 0.2) is 5.57 Å². The largest absolute Gasteiger partial charge is 0.438 e. The lowest BCUT2D eigenvalue weighted by Crippen LogP contribution is -2.53. The molecule has 4 aliphatic rings. The molecule has 0 aromatic heterocycles. The standard InChI is InChI=1S/C48H50N4O3/c1-9-51-36-26-22-30-16-11-13-20-34(30)42(36)47(3,4)38(51)28-24-32-18-15-19-33(40(32)41-44(53)49(7)46(55)50(8)45(41)54)25-29-39-48(5,6)43-35-21-14-12-17-31(35)23-27-37(43)52(39)10-2/h11-14,16-17,20-29H,9-10,15,18-19H2,1-8H3/p+1/b32-24+,33-25+,38-28+,39-29?. The van der Waals surface area contributed by atoms with Crippen molar-refractivity contribution < 1.29 is 14.4 Å². The predicted octanol–water partition coefficient (Wildman–Crippen LogP) is 10.1. The molecule has 1 saturated heterocycles. The quantitative estimate of drug-likeness (QED) is 0.119. The van der Waals surface area contributed by atoms with Crippen molar-refractivity contribution in [3.63, 3.8) is 0 Å². The molecule has 55 heavy (non-hydrogen) atoms. The number of hydrogen-bond acceptors (Lipinski definition) is 4. The Balaban J connectivity index is 1.30. The zero-order valence-corrected chi connectivity index (χ0v) is 33.3. The van der Waals surface area contributed by atoms with E-state index in [1.807, 2.05) is 0 Å². The van der Waals surface area contributed by atoms with Gasteiger partial charge in [-0.3, -0.25) is 14.5 Å². The first-order valence-electron chi connectivity index (χ1n) is 19.6. The molecule has 1 N–H and O–H groups in total. The SMILES string of the molecule is CCN1C(=C/C=C2\CCC/C(=C\C=C3\N(CC)c4ccc5ccccc5c4C3(C)C)C2=C2C(=O)N(C)C(=O)N(C)C2=[OH+])C(C)(C)c2c1ccc1ccccc21. The summed E-state index contributed by atoms with van der Waals surface area (Å²) >= 11 is 0. The van der Waals surface area contributed by atoms with Gasteiger partial charge in [0.2, 0.25) is 0 Å². The van der Waals surface area contributed by atoms with E-state index >= 15 is 0 Å². The Labute approximate surface area is 324 Å². The monoisotopic (exact) mass is 731 g/mol. The minimum atomic E-state index is -0.560. The van der Waals surface area contributed by atoms with Crippen LogP contribution in [0.5, 0.6) is 0 Å².